The maximum atomic E-state index is 12.2. The number of hydrogen-bond donors (Lipinski definition) is 1. The van der Waals surface area contributed by atoms with E-state index in [1.54, 1.807) is 25.3 Å². The summed E-state index contributed by atoms with van der Waals surface area (Å²) in [6, 6.07) is 13.1. The van der Waals surface area contributed by atoms with Crippen LogP contribution in [-0.2, 0) is 6.42 Å². The van der Waals surface area contributed by atoms with E-state index in [1.807, 2.05) is 24.3 Å². The van der Waals surface area contributed by atoms with Gasteiger partial charge in [0.05, 0.1) is 12.7 Å². The predicted molar refractivity (Wildman–Crippen MR) is 81.6 cm³/mol. The van der Waals surface area contributed by atoms with Crippen molar-refractivity contribution in [2.45, 2.75) is 6.42 Å². The monoisotopic (exact) mass is 299 g/mol. The van der Waals surface area contributed by atoms with Crippen molar-refractivity contribution in [3.05, 3.63) is 53.6 Å². The number of carbonyl (C=O) groups excluding carboxylic acids is 1. The lowest BCUT2D eigenvalue weighted by Gasteiger charge is -2.08. The molecule has 1 aliphatic rings. The molecule has 0 fully saturated rings. The van der Waals surface area contributed by atoms with Crippen LogP contribution in [0.15, 0.2) is 42.5 Å². The van der Waals surface area contributed by atoms with Crippen molar-refractivity contribution in [3.8, 4) is 17.2 Å². The molecule has 1 amide bonds. The molecule has 0 unspecified atom stereocenters. The van der Waals surface area contributed by atoms with Gasteiger partial charge in [0.1, 0.15) is 5.75 Å². The topological polar surface area (TPSA) is 56.8 Å². The third-order valence-electron chi connectivity index (χ3n) is 3.50. The highest BCUT2D eigenvalue weighted by molar-refractivity contribution is 5.97. The predicted octanol–water partition coefficient (Wildman–Crippen LogP) is 2.40. The maximum absolute atomic E-state index is 12.2. The van der Waals surface area contributed by atoms with Gasteiger partial charge in [0.25, 0.3) is 5.91 Å². The van der Waals surface area contributed by atoms with Crippen LogP contribution in [0.2, 0.25) is 0 Å². The first kappa shape index (κ1) is 14.3. The van der Waals surface area contributed by atoms with Crippen LogP contribution < -0.4 is 19.5 Å². The molecule has 5 nitrogen and oxygen atoms in total. The molecular weight excluding hydrogens is 282 g/mol. The van der Waals surface area contributed by atoms with Crippen molar-refractivity contribution in [2.24, 2.45) is 0 Å². The molecule has 22 heavy (non-hydrogen) atoms. The SMILES string of the molecule is COc1ccc(CCNC(=O)c2cccc3c2OCO3)cc1. The van der Waals surface area contributed by atoms with E-state index in [9.17, 15) is 4.79 Å². The van der Waals surface area contributed by atoms with Crippen LogP contribution in [0.25, 0.3) is 0 Å². The van der Waals surface area contributed by atoms with Crippen LogP contribution in [0.3, 0.4) is 0 Å². The average molecular weight is 299 g/mol. The fourth-order valence-electron chi connectivity index (χ4n) is 2.32. The van der Waals surface area contributed by atoms with Gasteiger partial charge in [-0.05, 0) is 36.2 Å². The lowest BCUT2D eigenvalue weighted by molar-refractivity contribution is 0.0949. The number of ether oxygens (including phenoxy) is 3. The number of hydrogen-bond acceptors (Lipinski definition) is 4. The van der Waals surface area contributed by atoms with E-state index < -0.39 is 0 Å². The molecular formula is C17H17NO4. The quantitative estimate of drug-likeness (QED) is 0.921. The van der Waals surface area contributed by atoms with E-state index in [0.717, 1.165) is 17.7 Å². The Hall–Kier alpha value is -2.69. The van der Waals surface area contributed by atoms with E-state index in [1.165, 1.54) is 0 Å². The molecule has 114 valence electrons. The Morgan fingerprint density at radius 2 is 2.00 bits per heavy atom. The second kappa shape index (κ2) is 6.39. The first-order valence-corrected chi connectivity index (χ1v) is 7.07. The summed E-state index contributed by atoms with van der Waals surface area (Å²) in [5, 5.41) is 2.90. The lowest BCUT2D eigenvalue weighted by atomic mass is 10.1. The average Bonchev–Trinajstić information content (AvgIpc) is 3.04. The smallest absolute Gasteiger partial charge is 0.255 e. The zero-order valence-electron chi connectivity index (χ0n) is 12.3. The number of benzene rings is 2. The van der Waals surface area contributed by atoms with Gasteiger partial charge in [0.15, 0.2) is 11.5 Å². The van der Waals surface area contributed by atoms with Crippen molar-refractivity contribution in [3.63, 3.8) is 0 Å². The molecule has 1 heterocycles. The summed E-state index contributed by atoms with van der Waals surface area (Å²) in [7, 11) is 1.64. The molecule has 0 aromatic heterocycles. The third kappa shape index (κ3) is 2.98. The molecule has 0 saturated carbocycles. The number of nitrogens with one attached hydrogen (secondary N) is 1. The van der Waals surface area contributed by atoms with Gasteiger partial charge in [-0.15, -0.1) is 0 Å². The first-order valence-electron chi connectivity index (χ1n) is 7.07. The number of rotatable bonds is 5. The van der Waals surface area contributed by atoms with Gasteiger partial charge < -0.3 is 19.5 Å². The van der Waals surface area contributed by atoms with Crippen LogP contribution in [0.4, 0.5) is 0 Å². The molecule has 0 radical (unpaired) electrons. The van der Waals surface area contributed by atoms with Crippen molar-refractivity contribution in [1.82, 2.24) is 5.32 Å². The van der Waals surface area contributed by atoms with Crippen LogP contribution >= 0.6 is 0 Å². The molecule has 3 rings (SSSR count). The van der Waals surface area contributed by atoms with Crippen LogP contribution in [0.1, 0.15) is 15.9 Å². The van der Waals surface area contributed by atoms with Gasteiger partial charge >= 0.3 is 0 Å². The molecule has 0 bridgehead atoms. The summed E-state index contributed by atoms with van der Waals surface area (Å²) in [6.45, 7) is 0.709. The summed E-state index contributed by atoms with van der Waals surface area (Å²) in [4.78, 5) is 12.2. The Morgan fingerprint density at radius 3 is 2.77 bits per heavy atom. The number of methoxy groups -OCH3 is 1. The first-order chi connectivity index (χ1) is 10.8. The minimum Gasteiger partial charge on any atom is -0.497 e. The summed E-state index contributed by atoms with van der Waals surface area (Å²) in [6.07, 6.45) is 0.752. The fourth-order valence-corrected chi connectivity index (χ4v) is 2.32. The highest BCUT2D eigenvalue weighted by atomic mass is 16.7. The van der Waals surface area contributed by atoms with Crippen molar-refractivity contribution in [2.75, 3.05) is 20.4 Å². The van der Waals surface area contributed by atoms with Crippen LogP contribution in [0.5, 0.6) is 17.2 Å². The molecule has 2 aromatic rings. The Balaban J connectivity index is 1.57. The van der Waals surface area contributed by atoms with Gasteiger partial charge in [-0.1, -0.05) is 18.2 Å². The molecule has 0 saturated heterocycles. The summed E-state index contributed by atoms with van der Waals surface area (Å²) in [5.41, 5.74) is 1.64. The van der Waals surface area contributed by atoms with Gasteiger partial charge in [-0.3, -0.25) is 4.79 Å². The van der Waals surface area contributed by atoms with E-state index in [4.69, 9.17) is 14.2 Å². The maximum Gasteiger partial charge on any atom is 0.255 e. The third-order valence-corrected chi connectivity index (χ3v) is 3.50. The zero-order chi connectivity index (χ0) is 15.4. The Bertz CT molecular complexity index is 667. The van der Waals surface area contributed by atoms with E-state index in [-0.39, 0.29) is 12.7 Å². The van der Waals surface area contributed by atoms with E-state index in [0.29, 0.717) is 23.6 Å². The number of amides is 1. The van der Waals surface area contributed by atoms with Crippen molar-refractivity contribution < 1.29 is 19.0 Å². The normalized spacial score (nSPS) is 12.0. The number of carbonyl (C=O) groups is 1. The molecule has 0 spiro atoms. The number of fused-ring (bicyclic) bond motifs is 1. The highest BCUT2D eigenvalue weighted by Gasteiger charge is 2.21. The second-order valence-electron chi connectivity index (χ2n) is 4.89. The standard InChI is InChI=1S/C17H17NO4/c1-20-13-7-5-12(6-8-13)9-10-18-17(19)14-3-2-4-15-16(14)22-11-21-15/h2-8H,9-11H2,1H3,(H,18,19). The Labute approximate surface area is 128 Å². The molecule has 0 atom stereocenters. The molecule has 0 aliphatic carbocycles. The summed E-state index contributed by atoms with van der Waals surface area (Å²) in [5.74, 6) is 1.80. The molecule has 1 N–H and O–H groups in total. The van der Waals surface area contributed by atoms with Gasteiger partial charge in [-0.2, -0.15) is 0 Å². The fraction of sp³-hybridized carbons (Fsp3) is 0.235. The zero-order valence-corrected chi connectivity index (χ0v) is 12.3. The highest BCUT2D eigenvalue weighted by Crippen LogP contribution is 2.35. The molecule has 1 aliphatic heterocycles. The second-order valence-corrected chi connectivity index (χ2v) is 4.89. The summed E-state index contributed by atoms with van der Waals surface area (Å²) >= 11 is 0. The van der Waals surface area contributed by atoms with E-state index in [2.05, 4.69) is 5.32 Å². The van der Waals surface area contributed by atoms with Crippen LogP contribution in [-0.4, -0.2) is 26.4 Å². The number of para-hydroxylation sites is 1. The van der Waals surface area contributed by atoms with Gasteiger partial charge in [0.2, 0.25) is 6.79 Å². The summed E-state index contributed by atoms with van der Waals surface area (Å²) < 4.78 is 15.7. The Morgan fingerprint density at radius 1 is 1.18 bits per heavy atom. The molecule has 2 aromatic carbocycles. The largest absolute Gasteiger partial charge is 0.497 e. The lowest BCUT2D eigenvalue weighted by Crippen LogP contribution is -2.25. The Kier molecular flexibility index (Phi) is 4.14. The van der Waals surface area contributed by atoms with Gasteiger partial charge in [0, 0.05) is 6.54 Å². The van der Waals surface area contributed by atoms with E-state index >= 15 is 0 Å². The van der Waals surface area contributed by atoms with Crippen molar-refractivity contribution >= 4 is 5.91 Å². The molecule has 5 heteroatoms. The van der Waals surface area contributed by atoms with Crippen LogP contribution in [0, 0.1) is 0 Å². The minimum atomic E-state index is -0.157. The van der Waals surface area contributed by atoms with Gasteiger partial charge in [-0.25, -0.2) is 0 Å². The van der Waals surface area contributed by atoms with Crippen molar-refractivity contribution in [1.29, 1.82) is 0 Å². The minimum absolute atomic E-state index is 0.157.